The van der Waals surface area contributed by atoms with Gasteiger partial charge in [-0.3, -0.25) is 9.59 Å². The fraction of sp³-hybridized carbons (Fsp3) is 0.625. The number of carbonyl (C=O) groups excluding carboxylic acids is 2. The Morgan fingerprint density at radius 2 is 2.10 bits per heavy atom. The lowest BCUT2D eigenvalue weighted by atomic mass is 9.94. The third-order valence-electron chi connectivity index (χ3n) is 4.70. The zero-order valence-electron chi connectivity index (χ0n) is 12.9. The minimum Gasteiger partial charge on any atom is -0.342 e. The number of nitrogens with zero attached hydrogens (tertiary/aromatic N) is 1. The van der Waals surface area contributed by atoms with Gasteiger partial charge in [0.25, 0.3) is 0 Å². The SMILES string of the molecule is Cc1cc(CN2CCC(=O)NC(C)(C3CC3)C2=O)sc1C. The van der Waals surface area contributed by atoms with E-state index in [0.717, 1.165) is 12.8 Å². The Bertz CT molecular complexity index is 572. The largest absolute Gasteiger partial charge is 0.342 e. The molecule has 5 heteroatoms. The van der Waals surface area contributed by atoms with E-state index in [4.69, 9.17) is 0 Å². The van der Waals surface area contributed by atoms with Crippen molar-refractivity contribution in [1.29, 1.82) is 0 Å². The number of hydrogen-bond donors (Lipinski definition) is 1. The molecule has 1 aliphatic carbocycles. The van der Waals surface area contributed by atoms with Crippen LogP contribution in [-0.4, -0.2) is 28.8 Å². The first-order valence-electron chi connectivity index (χ1n) is 7.56. The topological polar surface area (TPSA) is 49.4 Å². The monoisotopic (exact) mass is 306 g/mol. The number of nitrogens with one attached hydrogen (secondary N) is 1. The van der Waals surface area contributed by atoms with E-state index in [-0.39, 0.29) is 11.8 Å². The van der Waals surface area contributed by atoms with Crippen LogP contribution in [0.25, 0.3) is 0 Å². The van der Waals surface area contributed by atoms with Gasteiger partial charge in [0.2, 0.25) is 11.8 Å². The number of thiophene rings is 1. The minimum atomic E-state index is -0.699. The maximum atomic E-state index is 12.9. The fourth-order valence-corrected chi connectivity index (χ4v) is 4.15. The van der Waals surface area contributed by atoms with Gasteiger partial charge in [-0.05, 0) is 51.2 Å². The van der Waals surface area contributed by atoms with Crippen molar-refractivity contribution >= 4 is 23.2 Å². The summed E-state index contributed by atoms with van der Waals surface area (Å²) in [5.41, 5.74) is 0.575. The Hall–Kier alpha value is -1.36. The molecule has 1 saturated carbocycles. The van der Waals surface area contributed by atoms with Crippen molar-refractivity contribution in [3.8, 4) is 0 Å². The van der Waals surface area contributed by atoms with E-state index in [9.17, 15) is 9.59 Å². The quantitative estimate of drug-likeness (QED) is 0.932. The lowest BCUT2D eigenvalue weighted by molar-refractivity contribution is -0.139. The maximum absolute atomic E-state index is 12.9. The third kappa shape index (κ3) is 2.71. The highest BCUT2D eigenvalue weighted by atomic mass is 32.1. The Kier molecular flexibility index (Phi) is 3.56. The molecule has 114 valence electrons. The smallest absolute Gasteiger partial charge is 0.248 e. The van der Waals surface area contributed by atoms with Crippen LogP contribution in [0.1, 0.15) is 41.5 Å². The summed E-state index contributed by atoms with van der Waals surface area (Å²) in [7, 11) is 0. The summed E-state index contributed by atoms with van der Waals surface area (Å²) >= 11 is 1.74. The summed E-state index contributed by atoms with van der Waals surface area (Å²) in [6.45, 7) is 7.23. The average molecular weight is 306 g/mol. The van der Waals surface area contributed by atoms with Crippen LogP contribution >= 0.6 is 11.3 Å². The molecule has 21 heavy (non-hydrogen) atoms. The number of amides is 2. The van der Waals surface area contributed by atoms with E-state index in [0.29, 0.717) is 25.4 Å². The van der Waals surface area contributed by atoms with Crippen LogP contribution in [0.2, 0.25) is 0 Å². The second kappa shape index (κ2) is 5.13. The van der Waals surface area contributed by atoms with Crippen LogP contribution < -0.4 is 5.32 Å². The lowest BCUT2D eigenvalue weighted by Gasteiger charge is -2.32. The molecular weight excluding hydrogens is 284 g/mol. The van der Waals surface area contributed by atoms with E-state index >= 15 is 0 Å². The second-order valence-corrected chi connectivity index (χ2v) is 7.79. The first-order chi connectivity index (χ1) is 9.90. The molecule has 1 unspecified atom stereocenters. The van der Waals surface area contributed by atoms with Crippen LogP contribution in [-0.2, 0) is 16.1 Å². The van der Waals surface area contributed by atoms with Gasteiger partial charge in [-0.2, -0.15) is 0 Å². The predicted molar refractivity (Wildman–Crippen MR) is 83.1 cm³/mol. The van der Waals surface area contributed by atoms with Crippen LogP contribution in [0.5, 0.6) is 0 Å². The zero-order chi connectivity index (χ0) is 15.2. The average Bonchev–Trinajstić information content (AvgIpc) is 3.22. The molecule has 1 aromatic rings. The zero-order valence-corrected chi connectivity index (χ0v) is 13.7. The van der Waals surface area contributed by atoms with Crippen molar-refractivity contribution in [2.75, 3.05) is 6.54 Å². The molecule has 3 rings (SSSR count). The molecule has 1 N–H and O–H groups in total. The van der Waals surface area contributed by atoms with Crippen molar-refractivity contribution in [3.63, 3.8) is 0 Å². The highest BCUT2D eigenvalue weighted by Crippen LogP contribution is 2.41. The van der Waals surface area contributed by atoms with Crippen molar-refractivity contribution in [1.82, 2.24) is 10.2 Å². The summed E-state index contributed by atoms with van der Waals surface area (Å²) in [6.07, 6.45) is 2.47. The van der Waals surface area contributed by atoms with Gasteiger partial charge in [0.1, 0.15) is 5.54 Å². The summed E-state index contributed by atoms with van der Waals surface area (Å²) in [6, 6.07) is 2.15. The normalized spacial score (nSPS) is 26.7. The molecule has 1 aliphatic heterocycles. The van der Waals surface area contributed by atoms with Crippen molar-refractivity contribution < 1.29 is 9.59 Å². The first-order valence-corrected chi connectivity index (χ1v) is 8.38. The fourth-order valence-electron chi connectivity index (χ4n) is 3.08. The van der Waals surface area contributed by atoms with Crippen LogP contribution in [0, 0.1) is 19.8 Å². The van der Waals surface area contributed by atoms with Gasteiger partial charge in [0.05, 0.1) is 6.54 Å². The lowest BCUT2D eigenvalue weighted by Crippen LogP contribution is -2.56. The summed E-state index contributed by atoms with van der Waals surface area (Å²) in [5.74, 6) is 0.389. The molecular formula is C16H22N2O2S. The molecule has 0 radical (unpaired) electrons. The number of hydrogen-bond acceptors (Lipinski definition) is 3. The summed E-state index contributed by atoms with van der Waals surface area (Å²) in [5, 5.41) is 2.97. The molecule has 0 spiro atoms. The van der Waals surface area contributed by atoms with Gasteiger partial charge in [-0.15, -0.1) is 11.3 Å². The van der Waals surface area contributed by atoms with Gasteiger partial charge in [0.15, 0.2) is 0 Å². The molecule has 1 atom stereocenters. The van der Waals surface area contributed by atoms with E-state index in [1.54, 1.807) is 11.3 Å². The van der Waals surface area contributed by atoms with E-state index < -0.39 is 5.54 Å². The molecule has 2 aliphatic rings. The van der Waals surface area contributed by atoms with Gasteiger partial charge in [-0.25, -0.2) is 0 Å². The summed E-state index contributed by atoms with van der Waals surface area (Å²) in [4.78, 5) is 29.2. The third-order valence-corrected chi connectivity index (χ3v) is 5.83. The van der Waals surface area contributed by atoms with E-state index in [2.05, 4.69) is 25.2 Å². The molecule has 4 nitrogen and oxygen atoms in total. The number of rotatable bonds is 3. The van der Waals surface area contributed by atoms with Crippen LogP contribution in [0.15, 0.2) is 6.07 Å². The molecule has 1 aromatic heterocycles. The van der Waals surface area contributed by atoms with Crippen molar-refractivity contribution in [2.24, 2.45) is 5.92 Å². The van der Waals surface area contributed by atoms with Gasteiger partial charge < -0.3 is 10.2 Å². The number of aryl methyl sites for hydroxylation is 2. The Morgan fingerprint density at radius 1 is 1.38 bits per heavy atom. The molecule has 0 aromatic carbocycles. The molecule has 1 saturated heterocycles. The minimum absolute atomic E-state index is 0.00112. The predicted octanol–water partition coefficient (Wildman–Crippen LogP) is 2.38. The second-order valence-electron chi connectivity index (χ2n) is 6.45. The molecule has 2 amide bonds. The Morgan fingerprint density at radius 3 is 2.67 bits per heavy atom. The van der Waals surface area contributed by atoms with Crippen LogP contribution in [0.3, 0.4) is 0 Å². The molecule has 0 bridgehead atoms. The Labute approximate surface area is 129 Å². The highest BCUT2D eigenvalue weighted by molar-refractivity contribution is 7.12. The number of carbonyl (C=O) groups is 2. The highest BCUT2D eigenvalue weighted by Gasteiger charge is 2.51. The maximum Gasteiger partial charge on any atom is 0.248 e. The van der Waals surface area contributed by atoms with Gasteiger partial charge in [-0.1, -0.05) is 0 Å². The van der Waals surface area contributed by atoms with Gasteiger partial charge >= 0.3 is 0 Å². The van der Waals surface area contributed by atoms with Crippen LogP contribution in [0.4, 0.5) is 0 Å². The Balaban J connectivity index is 1.83. The van der Waals surface area contributed by atoms with Crippen molar-refractivity contribution in [2.45, 2.75) is 52.1 Å². The van der Waals surface area contributed by atoms with E-state index in [1.165, 1.54) is 15.3 Å². The molecule has 2 heterocycles. The van der Waals surface area contributed by atoms with E-state index in [1.807, 2.05) is 11.8 Å². The standard InChI is InChI=1S/C16H22N2O2S/c1-10-8-13(21-11(10)2)9-18-7-6-14(19)17-16(3,15(18)20)12-4-5-12/h8,12H,4-7,9H2,1-3H3,(H,17,19). The first kappa shape index (κ1) is 14.6. The van der Waals surface area contributed by atoms with Crippen molar-refractivity contribution in [3.05, 3.63) is 21.4 Å². The molecule has 2 fully saturated rings. The summed E-state index contributed by atoms with van der Waals surface area (Å²) < 4.78 is 0. The van der Waals surface area contributed by atoms with Gasteiger partial charge in [0, 0.05) is 22.7 Å².